The molecule has 0 saturated carbocycles. The molecule has 1 N–H and O–H groups in total. The summed E-state index contributed by atoms with van der Waals surface area (Å²) in [4.78, 5) is 29.5. The number of carbonyl (C=O) groups excluding carboxylic acids is 2. The quantitative estimate of drug-likeness (QED) is 0.849. The summed E-state index contributed by atoms with van der Waals surface area (Å²) in [5.41, 5.74) is 0.701. The number of hydrogen-bond donors (Lipinski definition) is 1. The van der Waals surface area contributed by atoms with Gasteiger partial charge in [0, 0.05) is 31.5 Å². The average molecular weight is 297 g/mol. The molecule has 2 rings (SSSR count). The third-order valence-electron chi connectivity index (χ3n) is 3.01. The first-order valence-corrected chi connectivity index (χ1v) is 7.51. The second kappa shape index (κ2) is 6.81. The van der Waals surface area contributed by atoms with Crippen LogP contribution in [-0.4, -0.2) is 43.1 Å². The van der Waals surface area contributed by atoms with E-state index in [9.17, 15) is 9.59 Å². The van der Waals surface area contributed by atoms with Crippen molar-refractivity contribution in [2.24, 2.45) is 0 Å². The molecule has 0 spiro atoms. The Hall–Kier alpha value is -1.47. The topological polar surface area (TPSA) is 71.5 Å². The third kappa shape index (κ3) is 3.77. The van der Waals surface area contributed by atoms with Crippen LogP contribution in [0.4, 0.5) is 5.13 Å². The first-order valence-electron chi connectivity index (χ1n) is 6.63. The Bertz CT molecular complexity index is 489. The number of methoxy groups -OCH3 is 1. The number of ether oxygens (including phenoxy) is 1. The Labute approximate surface area is 122 Å². The highest BCUT2D eigenvalue weighted by Crippen LogP contribution is 2.25. The normalized spacial score (nSPS) is 16.5. The zero-order valence-corrected chi connectivity index (χ0v) is 12.5. The van der Waals surface area contributed by atoms with Gasteiger partial charge in [0.25, 0.3) is 0 Å². The van der Waals surface area contributed by atoms with Gasteiger partial charge >= 0.3 is 0 Å². The lowest BCUT2D eigenvalue weighted by Gasteiger charge is -2.12. The van der Waals surface area contributed by atoms with Crippen LogP contribution in [0.5, 0.6) is 0 Å². The minimum absolute atomic E-state index is 0.0224. The summed E-state index contributed by atoms with van der Waals surface area (Å²) in [5, 5.41) is 5.37. The van der Waals surface area contributed by atoms with Gasteiger partial charge in [-0.3, -0.25) is 14.5 Å². The summed E-state index contributed by atoms with van der Waals surface area (Å²) in [5.74, 6) is 0.0308. The second-order valence-electron chi connectivity index (χ2n) is 4.87. The molecule has 1 saturated heterocycles. The van der Waals surface area contributed by atoms with Gasteiger partial charge in [-0.15, -0.1) is 11.3 Å². The van der Waals surface area contributed by atoms with E-state index in [4.69, 9.17) is 4.74 Å². The molecule has 1 fully saturated rings. The number of nitrogens with one attached hydrogen (secondary N) is 1. The van der Waals surface area contributed by atoms with Crippen molar-refractivity contribution in [2.75, 3.05) is 25.2 Å². The van der Waals surface area contributed by atoms with Crippen molar-refractivity contribution in [1.29, 1.82) is 0 Å². The highest BCUT2D eigenvalue weighted by Gasteiger charge is 2.24. The monoisotopic (exact) mass is 297 g/mol. The molecule has 1 aromatic heterocycles. The lowest BCUT2D eigenvalue weighted by molar-refractivity contribution is -0.121. The zero-order valence-electron chi connectivity index (χ0n) is 11.7. The largest absolute Gasteiger partial charge is 0.383 e. The van der Waals surface area contributed by atoms with Crippen molar-refractivity contribution >= 4 is 28.3 Å². The number of amides is 2. The van der Waals surface area contributed by atoms with Crippen LogP contribution in [0.15, 0.2) is 5.38 Å². The number of thiazole rings is 1. The van der Waals surface area contributed by atoms with Crippen LogP contribution in [0.3, 0.4) is 0 Å². The molecule has 0 aromatic carbocycles. The van der Waals surface area contributed by atoms with Gasteiger partial charge in [0.15, 0.2) is 5.13 Å². The maximum atomic E-state index is 11.8. The first-order chi connectivity index (χ1) is 9.60. The van der Waals surface area contributed by atoms with Crippen LogP contribution < -0.4 is 10.2 Å². The summed E-state index contributed by atoms with van der Waals surface area (Å²) in [6.07, 6.45) is 1.69. The molecule has 1 aliphatic rings. The maximum absolute atomic E-state index is 11.8. The van der Waals surface area contributed by atoms with E-state index in [1.54, 1.807) is 12.0 Å². The molecule has 20 heavy (non-hydrogen) atoms. The Balaban J connectivity index is 1.89. The molecule has 2 amide bonds. The van der Waals surface area contributed by atoms with Gasteiger partial charge in [0.2, 0.25) is 11.8 Å². The van der Waals surface area contributed by atoms with E-state index in [2.05, 4.69) is 10.3 Å². The fourth-order valence-corrected chi connectivity index (χ4v) is 3.00. The van der Waals surface area contributed by atoms with Gasteiger partial charge in [-0.1, -0.05) is 0 Å². The molecule has 0 radical (unpaired) electrons. The highest BCUT2D eigenvalue weighted by atomic mass is 32.1. The molecule has 1 aliphatic heterocycles. The van der Waals surface area contributed by atoms with Crippen LogP contribution in [-0.2, 0) is 20.7 Å². The summed E-state index contributed by atoms with van der Waals surface area (Å²) in [7, 11) is 1.60. The Morgan fingerprint density at radius 1 is 1.65 bits per heavy atom. The van der Waals surface area contributed by atoms with E-state index in [1.807, 2.05) is 12.3 Å². The predicted molar refractivity (Wildman–Crippen MR) is 76.9 cm³/mol. The minimum atomic E-state index is -0.0841. The van der Waals surface area contributed by atoms with E-state index < -0.39 is 0 Å². The number of rotatable bonds is 6. The molecular weight excluding hydrogens is 278 g/mol. The van der Waals surface area contributed by atoms with Crippen LogP contribution in [0.2, 0.25) is 0 Å². The van der Waals surface area contributed by atoms with Crippen molar-refractivity contribution in [3.63, 3.8) is 0 Å². The molecule has 0 unspecified atom stereocenters. The average Bonchev–Trinajstić information content (AvgIpc) is 2.98. The first kappa shape index (κ1) is 14.9. The van der Waals surface area contributed by atoms with Crippen molar-refractivity contribution in [3.05, 3.63) is 11.1 Å². The van der Waals surface area contributed by atoms with Gasteiger partial charge in [-0.2, -0.15) is 0 Å². The lowest BCUT2D eigenvalue weighted by Crippen LogP contribution is -2.36. The van der Waals surface area contributed by atoms with Gasteiger partial charge < -0.3 is 10.1 Å². The van der Waals surface area contributed by atoms with Crippen LogP contribution in [0.25, 0.3) is 0 Å². The minimum Gasteiger partial charge on any atom is -0.383 e. The Morgan fingerprint density at radius 3 is 3.10 bits per heavy atom. The number of hydrogen-bond acceptors (Lipinski definition) is 5. The molecule has 1 aromatic rings. The number of aromatic nitrogens is 1. The van der Waals surface area contributed by atoms with E-state index in [0.717, 1.165) is 13.0 Å². The van der Waals surface area contributed by atoms with Crippen LogP contribution in [0.1, 0.15) is 25.5 Å². The van der Waals surface area contributed by atoms with Gasteiger partial charge in [-0.05, 0) is 13.3 Å². The maximum Gasteiger partial charge on any atom is 0.228 e. The molecule has 1 atom stereocenters. The van der Waals surface area contributed by atoms with Crippen molar-refractivity contribution in [1.82, 2.24) is 10.3 Å². The zero-order chi connectivity index (χ0) is 14.5. The molecule has 110 valence electrons. The summed E-state index contributed by atoms with van der Waals surface area (Å²) < 4.78 is 4.97. The van der Waals surface area contributed by atoms with E-state index >= 15 is 0 Å². The fourth-order valence-electron chi connectivity index (χ4n) is 2.13. The van der Waals surface area contributed by atoms with Crippen molar-refractivity contribution in [3.8, 4) is 0 Å². The molecule has 0 bridgehead atoms. The van der Waals surface area contributed by atoms with E-state index in [1.165, 1.54) is 11.3 Å². The lowest BCUT2D eigenvalue weighted by atomic mass is 10.3. The fraction of sp³-hybridized carbons (Fsp3) is 0.615. The molecule has 0 aliphatic carbocycles. The number of carbonyl (C=O) groups is 2. The smallest absolute Gasteiger partial charge is 0.228 e. The second-order valence-corrected chi connectivity index (χ2v) is 5.71. The third-order valence-corrected chi connectivity index (χ3v) is 3.92. The van der Waals surface area contributed by atoms with Gasteiger partial charge in [-0.25, -0.2) is 4.98 Å². The molecule has 6 nitrogen and oxygen atoms in total. The molecule has 7 heteroatoms. The SMILES string of the molecule is COC[C@@H](C)NC(=O)Cc1csc(N2CCCC2=O)n1. The summed E-state index contributed by atoms with van der Waals surface area (Å²) in [6.45, 7) is 3.09. The van der Waals surface area contributed by atoms with E-state index in [0.29, 0.717) is 23.9 Å². The summed E-state index contributed by atoms with van der Waals surface area (Å²) >= 11 is 1.41. The summed E-state index contributed by atoms with van der Waals surface area (Å²) in [6, 6.07) is -0.0224. The van der Waals surface area contributed by atoms with Crippen LogP contribution >= 0.6 is 11.3 Å². The van der Waals surface area contributed by atoms with Crippen molar-refractivity contribution < 1.29 is 14.3 Å². The van der Waals surface area contributed by atoms with Crippen LogP contribution in [0, 0.1) is 0 Å². The van der Waals surface area contributed by atoms with Gasteiger partial charge in [0.1, 0.15) is 0 Å². The highest BCUT2D eigenvalue weighted by molar-refractivity contribution is 7.14. The van der Waals surface area contributed by atoms with Crippen molar-refractivity contribution in [2.45, 2.75) is 32.2 Å². The number of nitrogens with zero attached hydrogens (tertiary/aromatic N) is 2. The molecule has 2 heterocycles. The standard InChI is InChI=1S/C13H19N3O3S/c1-9(7-19-2)14-11(17)6-10-8-20-13(15-10)16-5-3-4-12(16)18/h8-9H,3-7H2,1-2H3,(H,14,17)/t9-/m1/s1. The predicted octanol–water partition coefficient (Wildman–Crippen LogP) is 0.963. The molecular formula is C13H19N3O3S. The number of anilines is 1. The Morgan fingerprint density at radius 2 is 2.45 bits per heavy atom. The van der Waals surface area contributed by atoms with E-state index in [-0.39, 0.29) is 24.3 Å². The Kier molecular flexibility index (Phi) is 5.08. The van der Waals surface area contributed by atoms with Gasteiger partial charge in [0.05, 0.1) is 18.7 Å².